The van der Waals surface area contributed by atoms with E-state index < -0.39 is 35.3 Å². The molecule has 0 amide bonds. The number of carbonyl (C=O) groups is 1. The first-order chi connectivity index (χ1) is 9.85. The molecule has 8 heteroatoms. The summed E-state index contributed by atoms with van der Waals surface area (Å²) in [6, 6.07) is 9.63. The van der Waals surface area contributed by atoms with Gasteiger partial charge in [-0.05, 0) is 35.9 Å². The van der Waals surface area contributed by atoms with E-state index in [0.29, 0.717) is 5.69 Å². The number of hydrogen-bond acceptors (Lipinski definition) is 8. The highest BCUT2D eigenvalue weighted by Crippen LogP contribution is 2.41. The Morgan fingerprint density at radius 3 is 2.81 bits per heavy atom. The summed E-state index contributed by atoms with van der Waals surface area (Å²) < 4.78 is 5.46. The first-order valence-electron chi connectivity index (χ1n) is 6.16. The zero-order chi connectivity index (χ0) is 15.7. The number of thiol groups is 1. The van der Waals surface area contributed by atoms with Crippen molar-refractivity contribution < 1.29 is 24.9 Å². The lowest BCUT2D eigenvalue weighted by Gasteiger charge is -2.48. The molecule has 115 valence electrons. The van der Waals surface area contributed by atoms with Crippen LogP contribution in [0.25, 0.3) is 0 Å². The van der Waals surface area contributed by atoms with Crippen LogP contribution in [-0.4, -0.2) is 50.6 Å². The van der Waals surface area contributed by atoms with E-state index in [0.717, 1.165) is 17.7 Å². The van der Waals surface area contributed by atoms with Crippen molar-refractivity contribution in [3.8, 4) is 0 Å². The third-order valence-corrected chi connectivity index (χ3v) is 5.00. The Morgan fingerprint density at radius 2 is 2.29 bits per heavy atom. The van der Waals surface area contributed by atoms with Crippen molar-refractivity contribution in [2.45, 2.75) is 29.8 Å². The summed E-state index contributed by atoms with van der Waals surface area (Å²) in [7, 11) is 0.827. The molecule has 1 aliphatic heterocycles. The molecular formula is C13H16NO5S2. The fraction of sp³-hybridized carbons (Fsp3) is 0.462. The summed E-state index contributed by atoms with van der Waals surface area (Å²) in [5.41, 5.74) is -1.56. The molecule has 0 aromatic heterocycles. The first kappa shape index (κ1) is 16.6. The predicted molar refractivity (Wildman–Crippen MR) is 81.8 cm³/mol. The molecule has 0 unspecified atom stereocenters. The van der Waals surface area contributed by atoms with Crippen LogP contribution in [0, 0.1) is 6.07 Å². The van der Waals surface area contributed by atoms with Crippen LogP contribution < -0.4 is 5.32 Å². The van der Waals surface area contributed by atoms with Gasteiger partial charge in [-0.1, -0.05) is 12.1 Å². The fourth-order valence-corrected chi connectivity index (χ4v) is 3.18. The van der Waals surface area contributed by atoms with Crippen LogP contribution in [0.4, 0.5) is 5.69 Å². The average Bonchev–Trinajstić information content (AvgIpc) is 2.49. The minimum Gasteiger partial charge on any atom is -0.387 e. The van der Waals surface area contributed by atoms with Crippen LogP contribution in [0.15, 0.2) is 24.3 Å². The molecule has 1 aromatic carbocycles. The Bertz CT molecular complexity index is 517. The van der Waals surface area contributed by atoms with Crippen LogP contribution in [0.3, 0.4) is 0 Å². The molecule has 2 rings (SSSR count). The minimum absolute atomic E-state index is 0.461. The summed E-state index contributed by atoms with van der Waals surface area (Å²) in [5, 5.41) is 31.9. The molecule has 0 aliphatic carbocycles. The fourth-order valence-electron chi connectivity index (χ4n) is 2.05. The Balaban J connectivity index is 2.28. The van der Waals surface area contributed by atoms with E-state index >= 15 is 0 Å². The molecule has 4 atom stereocenters. The lowest BCUT2D eigenvalue weighted by molar-refractivity contribution is -0.231. The lowest BCUT2D eigenvalue weighted by atomic mass is 9.86. The van der Waals surface area contributed by atoms with Crippen molar-refractivity contribution in [3.63, 3.8) is 0 Å². The highest BCUT2D eigenvalue weighted by molar-refractivity contribution is 8.69. The molecule has 0 spiro atoms. The van der Waals surface area contributed by atoms with Crippen molar-refractivity contribution in [1.82, 2.24) is 0 Å². The third-order valence-electron chi connectivity index (χ3n) is 3.46. The monoisotopic (exact) mass is 330 g/mol. The Hall–Kier alpha value is -0.770. The van der Waals surface area contributed by atoms with Crippen molar-refractivity contribution in [3.05, 3.63) is 30.3 Å². The smallest absolute Gasteiger partial charge is 0.226 e. The second kappa shape index (κ2) is 6.15. The first-order valence-corrected chi connectivity index (χ1v) is 8.03. The van der Waals surface area contributed by atoms with Gasteiger partial charge >= 0.3 is 0 Å². The molecule has 1 radical (unpaired) electrons. The number of anilines is 1. The van der Waals surface area contributed by atoms with E-state index in [1.165, 1.54) is 0 Å². The van der Waals surface area contributed by atoms with E-state index in [4.69, 9.17) is 4.74 Å². The summed E-state index contributed by atoms with van der Waals surface area (Å²) >= 11 is 4.07. The van der Waals surface area contributed by atoms with E-state index in [2.05, 4.69) is 23.0 Å². The molecule has 0 bridgehead atoms. The summed E-state index contributed by atoms with van der Waals surface area (Å²) in [5.74, 6) is -0.681. The number of ketones is 1. The van der Waals surface area contributed by atoms with Gasteiger partial charge in [0.25, 0.3) is 0 Å². The highest BCUT2D eigenvalue weighted by atomic mass is 33.1. The second-order valence-electron chi connectivity index (χ2n) is 4.83. The van der Waals surface area contributed by atoms with Crippen molar-refractivity contribution in [2.24, 2.45) is 0 Å². The molecule has 1 aromatic rings. The van der Waals surface area contributed by atoms with Gasteiger partial charge in [-0.3, -0.25) is 4.79 Å². The number of Topliss-reactive ketones (excluding diaryl/α,β-unsaturated/α-hetero) is 1. The van der Waals surface area contributed by atoms with Crippen molar-refractivity contribution >= 4 is 33.9 Å². The number of carbonyl (C=O) groups excluding carboxylic acids is 1. The molecule has 1 aliphatic rings. The second-order valence-corrected chi connectivity index (χ2v) is 6.17. The van der Waals surface area contributed by atoms with E-state index in [1.807, 2.05) is 0 Å². The van der Waals surface area contributed by atoms with E-state index in [-0.39, 0.29) is 0 Å². The van der Waals surface area contributed by atoms with Crippen LogP contribution in [0.5, 0.6) is 0 Å². The lowest BCUT2D eigenvalue weighted by Crippen LogP contribution is -2.69. The number of nitrogens with one attached hydrogen (secondary N) is 1. The number of ether oxygens (including phenoxy) is 1. The molecule has 21 heavy (non-hydrogen) atoms. The van der Waals surface area contributed by atoms with Crippen molar-refractivity contribution in [1.29, 1.82) is 0 Å². The van der Waals surface area contributed by atoms with Gasteiger partial charge in [-0.2, -0.15) is 0 Å². The molecule has 0 saturated carbocycles. The summed E-state index contributed by atoms with van der Waals surface area (Å²) in [6.45, 7) is 0.664. The van der Waals surface area contributed by atoms with Gasteiger partial charge in [0, 0.05) is 5.69 Å². The maximum absolute atomic E-state index is 11.5. The standard InChI is InChI=1S/C13H16NO5S2/c1-8(15)12(18)7-19-13(21-20,11(17)10(12)16)14-9-5-3-2-4-6-9/h2-3,5-6,10-11,14,16-18,20H,7H2,1H3/t10-,11-,12+,13-/m1/s1. The van der Waals surface area contributed by atoms with Gasteiger partial charge in [0.1, 0.15) is 12.2 Å². The van der Waals surface area contributed by atoms with Crippen LogP contribution in [0.1, 0.15) is 6.92 Å². The van der Waals surface area contributed by atoms with Crippen LogP contribution in [0.2, 0.25) is 0 Å². The van der Waals surface area contributed by atoms with Gasteiger partial charge in [0.2, 0.25) is 5.06 Å². The van der Waals surface area contributed by atoms with Gasteiger partial charge in [0.05, 0.1) is 6.61 Å². The van der Waals surface area contributed by atoms with Gasteiger partial charge in [-0.15, -0.1) is 11.7 Å². The topological polar surface area (TPSA) is 99.0 Å². The average molecular weight is 330 g/mol. The number of aliphatic hydroxyl groups is 3. The largest absolute Gasteiger partial charge is 0.387 e. The SMILES string of the molecule is CC(=O)[C@@]1(O)CO[C@@](Nc2c[c]ccc2)(SS)[C@H](O)[C@H]1O. The molecule has 4 N–H and O–H groups in total. The Kier molecular flexibility index (Phi) is 4.86. The Morgan fingerprint density at radius 1 is 1.57 bits per heavy atom. The maximum atomic E-state index is 11.5. The number of hydrogen-bond donors (Lipinski definition) is 5. The molecule has 1 fully saturated rings. The molecule has 6 nitrogen and oxygen atoms in total. The zero-order valence-corrected chi connectivity index (χ0v) is 12.9. The molecule has 1 saturated heterocycles. The highest BCUT2D eigenvalue weighted by Gasteiger charge is 2.58. The zero-order valence-electron chi connectivity index (χ0n) is 11.2. The van der Waals surface area contributed by atoms with Crippen LogP contribution in [-0.2, 0) is 9.53 Å². The number of aliphatic hydroxyl groups excluding tert-OH is 2. The Labute approximate surface area is 131 Å². The normalized spacial score (nSPS) is 36.2. The van der Waals surface area contributed by atoms with E-state index in [1.54, 1.807) is 24.3 Å². The maximum Gasteiger partial charge on any atom is 0.226 e. The quantitative estimate of drug-likeness (QED) is 0.306. The predicted octanol–water partition coefficient (Wildman–Crippen LogP) is 0.203. The molecular weight excluding hydrogens is 314 g/mol. The summed E-state index contributed by atoms with van der Waals surface area (Å²) in [6.07, 6.45) is -3.29. The molecule has 1 heterocycles. The number of rotatable bonds is 4. The third kappa shape index (κ3) is 2.92. The van der Waals surface area contributed by atoms with Gasteiger partial charge < -0.3 is 25.4 Å². The van der Waals surface area contributed by atoms with Crippen molar-refractivity contribution in [2.75, 3.05) is 11.9 Å². The summed E-state index contributed by atoms with van der Waals surface area (Å²) in [4.78, 5) is 11.5. The minimum atomic E-state index is -2.14. The van der Waals surface area contributed by atoms with Gasteiger partial charge in [-0.25, -0.2) is 0 Å². The van der Waals surface area contributed by atoms with Crippen LogP contribution >= 0.6 is 22.5 Å². The van der Waals surface area contributed by atoms with E-state index in [9.17, 15) is 20.1 Å². The number of benzene rings is 1. The van der Waals surface area contributed by atoms with Gasteiger partial charge in [0.15, 0.2) is 11.4 Å².